The van der Waals surface area contributed by atoms with Gasteiger partial charge in [-0.3, -0.25) is 0 Å². The third kappa shape index (κ3) is 2.51. The van der Waals surface area contributed by atoms with Gasteiger partial charge in [-0.15, -0.1) is 0 Å². The standard InChI is InChI=1S/C12H15N3OSe/c1-13-9-15(12(17)14(2)11(13)16)8-10-6-4-3-5-7-10/h3-7H,8-9H2,1-2H3. The number of nitrogens with zero attached hydrogens (tertiary/aromatic N) is 3. The quantitative estimate of drug-likeness (QED) is 0.751. The summed E-state index contributed by atoms with van der Waals surface area (Å²) in [6.07, 6.45) is 0. The fraction of sp³-hybridized carbons (Fsp3) is 0.333. The molecule has 2 amide bonds. The third-order valence-electron chi connectivity index (χ3n) is 2.77. The monoisotopic (exact) mass is 297 g/mol. The van der Waals surface area contributed by atoms with Crippen molar-refractivity contribution >= 4 is 26.3 Å². The van der Waals surface area contributed by atoms with Gasteiger partial charge in [-0.1, -0.05) is 0 Å². The number of urea groups is 1. The van der Waals surface area contributed by atoms with Crippen LogP contribution in [0.4, 0.5) is 4.79 Å². The molecule has 0 aliphatic carbocycles. The number of hydrogen-bond donors (Lipinski definition) is 0. The first-order valence-corrected chi connectivity index (χ1v) is 6.27. The van der Waals surface area contributed by atoms with Gasteiger partial charge >= 0.3 is 109 Å². The van der Waals surface area contributed by atoms with E-state index in [4.69, 9.17) is 0 Å². The molecule has 90 valence electrons. The predicted octanol–water partition coefficient (Wildman–Crippen LogP) is 0.699. The van der Waals surface area contributed by atoms with E-state index < -0.39 is 0 Å². The van der Waals surface area contributed by atoms with Gasteiger partial charge in [-0.05, 0) is 0 Å². The molecule has 1 saturated heterocycles. The maximum absolute atomic E-state index is 11.7. The van der Waals surface area contributed by atoms with Gasteiger partial charge in [0, 0.05) is 0 Å². The summed E-state index contributed by atoms with van der Waals surface area (Å²) in [4.78, 5) is 17.2. The van der Waals surface area contributed by atoms with Crippen LogP contribution in [0.25, 0.3) is 0 Å². The van der Waals surface area contributed by atoms with Crippen LogP contribution >= 0.6 is 0 Å². The summed E-state index contributed by atoms with van der Waals surface area (Å²) in [6, 6.07) is 10.2. The normalized spacial score (nSPS) is 16.7. The summed E-state index contributed by atoms with van der Waals surface area (Å²) in [5.41, 5.74) is 1.23. The van der Waals surface area contributed by atoms with Crippen molar-refractivity contribution in [2.24, 2.45) is 0 Å². The van der Waals surface area contributed by atoms with E-state index in [1.54, 1.807) is 16.8 Å². The molecule has 0 spiro atoms. The van der Waals surface area contributed by atoms with Crippen molar-refractivity contribution in [1.29, 1.82) is 0 Å². The van der Waals surface area contributed by atoms with Crippen LogP contribution in [-0.4, -0.2) is 61.7 Å². The first-order valence-electron chi connectivity index (χ1n) is 5.41. The molecule has 5 heteroatoms. The Kier molecular flexibility index (Phi) is 3.50. The summed E-state index contributed by atoms with van der Waals surface area (Å²) in [5, 5.41) is 0. The van der Waals surface area contributed by atoms with E-state index in [0.29, 0.717) is 6.67 Å². The van der Waals surface area contributed by atoms with E-state index in [0.717, 1.165) is 11.2 Å². The molecular weight excluding hydrogens is 281 g/mol. The number of carbonyl (C=O) groups excluding carboxylic acids is 1. The second kappa shape index (κ2) is 4.90. The van der Waals surface area contributed by atoms with E-state index in [-0.39, 0.29) is 6.03 Å². The van der Waals surface area contributed by atoms with E-state index in [9.17, 15) is 4.79 Å². The van der Waals surface area contributed by atoms with Gasteiger partial charge < -0.3 is 0 Å². The molecule has 0 aromatic heterocycles. The van der Waals surface area contributed by atoms with E-state index in [1.165, 1.54) is 5.56 Å². The second-order valence-electron chi connectivity index (χ2n) is 4.15. The number of rotatable bonds is 2. The SMILES string of the molecule is CN1CN(Cc2ccccc2)C(=[Se])N(C)C1=O. The van der Waals surface area contributed by atoms with Crippen molar-refractivity contribution in [3.63, 3.8) is 0 Å². The minimum absolute atomic E-state index is 0.0167. The molecule has 4 nitrogen and oxygen atoms in total. The topological polar surface area (TPSA) is 26.8 Å². The molecule has 1 aromatic carbocycles. The van der Waals surface area contributed by atoms with Gasteiger partial charge in [0.1, 0.15) is 0 Å². The van der Waals surface area contributed by atoms with Crippen LogP contribution in [0, 0.1) is 0 Å². The van der Waals surface area contributed by atoms with Gasteiger partial charge in [0.15, 0.2) is 0 Å². The predicted molar refractivity (Wildman–Crippen MR) is 68.5 cm³/mol. The van der Waals surface area contributed by atoms with Gasteiger partial charge in [0.2, 0.25) is 0 Å². The van der Waals surface area contributed by atoms with Crippen LogP contribution in [0.15, 0.2) is 30.3 Å². The second-order valence-corrected chi connectivity index (χ2v) is 4.91. The van der Waals surface area contributed by atoms with Crippen molar-refractivity contribution in [3.8, 4) is 0 Å². The van der Waals surface area contributed by atoms with Crippen molar-refractivity contribution in [2.45, 2.75) is 6.54 Å². The van der Waals surface area contributed by atoms with E-state index in [1.807, 2.05) is 25.2 Å². The minimum atomic E-state index is 0.0167. The Bertz CT molecular complexity index is 435. The Morgan fingerprint density at radius 2 is 1.88 bits per heavy atom. The average Bonchev–Trinajstić information content (AvgIpc) is 2.35. The van der Waals surface area contributed by atoms with Crippen molar-refractivity contribution in [3.05, 3.63) is 35.9 Å². The molecular formula is C12H15N3OSe. The summed E-state index contributed by atoms with van der Waals surface area (Å²) in [7, 11) is 3.59. The zero-order valence-corrected chi connectivity index (χ0v) is 11.7. The summed E-state index contributed by atoms with van der Waals surface area (Å²) >= 11 is 2.97. The fourth-order valence-corrected chi connectivity index (χ4v) is 2.27. The molecule has 1 aliphatic heterocycles. The molecule has 2 rings (SSSR count). The van der Waals surface area contributed by atoms with Crippen LogP contribution < -0.4 is 0 Å². The molecule has 0 bridgehead atoms. The molecule has 1 fully saturated rings. The molecule has 1 aliphatic rings. The molecule has 0 saturated carbocycles. The summed E-state index contributed by atoms with van der Waals surface area (Å²) in [6.45, 7) is 1.41. The fourth-order valence-electron chi connectivity index (χ4n) is 1.85. The van der Waals surface area contributed by atoms with Gasteiger partial charge in [0.25, 0.3) is 0 Å². The van der Waals surface area contributed by atoms with Gasteiger partial charge in [-0.25, -0.2) is 0 Å². The number of benzene rings is 1. The van der Waals surface area contributed by atoms with Crippen molar-refractivity contribution in [1.82, 2.24) is 14.7 Å². The number of amides is 2. The van der Waals surface area contributed by atoms with Crippen molar-refractivity contribution < 1.29 is 4.79 Å². The van der Waals surface area contributed by atoms with Crippen LogP contribution in [0.5, 0.6) is 0 Å². The van der Waals surface area contributed by atoms with Crippen LogP contribution in [0.3, 0.4) is 0 Å². The molecule has 0 unspecified atom stereocenters. The van der Waals surface area contributed by atoms with E-state index in [2.05, 4.69) is 32.6 Å². The molecule has 1 aromatic rings. The molecule has 0 radical (unpaired) electrons. The van der Waals surface area contributed by atoms with Crippen LogP contribution in [0.1, 0.15) is 5.56 Å². The maximum atomic E-state index is 11.7. The first-order chi connectivity index (χ1) is 8.09. The van der Waals surface area contributed by atoms with E-state index >= 15 is 0 Å². The average molecular weight is 296 g/mol. The van der Waals surface area contributed by atoms with Gasteiger partial charge in [0.05, 0.1) is 0 Å². The molecule has 0 atom stereocenters. The third-order valence-corrected chi connectivity index (χ3v) is 3.89. The zero-order chi connectivity index (χ0) is 12.4. The number of hydrogen-bond acceptors (Lipinski definition) is 2. The molecule has 17 heavy (non-hydrogen) atoms. The number of carbonyl (C=O) groups is 1. The Hall–Kier alpha value is -1.32. The summed E-state index contributed by atoms with van der Waals surface area (Å²) < 4.78 is 0.872. The Balaban J connectivity index is 2.12. The van der Waals surface area contributed by atoms with Crippen LogP contribution in [0.2, 0.25) is 0 Å². The Labute approximate surface area is 109 Å². The summed E-state index contributed by atoms with van der Waals surface area (Å²) in [5.74, 6) is 0. The Morgan fingerprint density at radius 3 is 2.53 bits per heavy atom. The zero-order valence-electron chi connectivity index (χ0n) is 9.96. The Morgan fingerprint density at radius 1 is 1.24 bits per heavy atom. The van der Waals surface area contributed by atoms with Crippen LogP contribution in [-0.2, 0) is 6.54 Å². The molecule has 1 heterocycles. The van der Waals surface area contributed by atoms with Gasteiger partial charge in [-0.2, -0.15) is 0 Å². The molecule has 0 N–H and O–H groups in total. The van der Waals surface area contributed by atoms with Crippen molar-refractivity contribution in [2.75, 3.05) is 20.8 Å². The first kappa shape index (κ1) is 12.1.